The molecule has 0 aromatic heterocycles. The van der Waals surface area contributed by atoms with Crippen LogP contribution >= 0.6 is 11.8 Å². The second-order valence-corrected chi connectivity index (χ2v) is 5.95. The Bertz CT molecular complexity index is 392. The Labute approximate surface area is 129 Å². The SMILES string of the molecule is CSCC[C@@H](NC(=O)N1CCCN(C(C)=O)CC1)C(=O)O. The van der Waals surface area contributed by atoms with Crippen molar-refractivity contribution in [3.05, 3.63) is 0 Å². The Hall–Kier alpha value is -1.44. The van der Waals surface area contributed by atoms with Gasteiger partial charge in [0.15, 0.2) is 0 Å². The molecule has 1 atom stereocenters. The fourth-order valence-corrected chi connectivity index (χ4v) is 2.64. The van der Waals surface area contributed by atoms with E-state index in [9.17, 15) is 14.4 Å². The van der Waals surface area contributed by atoms with E-state index in [1.807, 2.05) is 6.26 Å². The molecule has 1 aliphatic heterocycles. The van der Waals surface area contributed by atoms with Crippen LogP contribution in [0.1, 0.15) is 19.8 Å². The van der Waals surface area contributed by atoms with Crippen LogP contribution in [0.5, 0.6) is 0 Å². The van der Waals surface area contributed by atoms with Crippen LogP contribution in [0.3, 0.4) is 0 Å². The average Bonchev–Trinajstić information content (AvgIpc) is 2.68. The number of amides is 3. The molecule has 0 aliphatic carbocycles. The Morgan fingerprint density at radius 2 is 1.81 bits per heavy atom. The molecule has 21 heavy (non-hydrogen) atoms. The van der Waals surface area contributed by atoms with Gasteiger partial charge in [0, 0.05) is 33.1 Å². The highest BCUT2D eigenvalue weighted by atomic mass is 32.2. The number of carbonyl (C=O) groups excluding carboxylic acids is 2. The average molecular weight is 317 g/mol. The standard InChI is InChI=1S/C13H23N3O4S/c1-10(17)15-5-3-6-16(8-7-15)13(20)14-11(12(18)19)4-9-21-2/h11H,3-9H2,1-2H3,(H,14,20)(H,18,19)/t11-/m1/s1. The number of nitrogens with zero attached hydrogens (tertiary/aromatic N) is 2. The van der Waals surface area contributed by atoms with Crippen molar-refractivity contribution in [2.75, 3.05) is 38.2 Å². The third kappa shape index (κ3) is 5.82. The van der Waals surface area contributed by atoms with Gasteiger partial charge in [-0.1, -0.05) is 0 Å². The molecule has 8 heteroatoms. The lowest BCUT2D eigenvalue weighted by molar-refractivity contribution is -0.139. The Balaban J connectivity index is 2.53. The first-order valence-electron chi connectivity index (χ1n) is 6.98. The van der Waals surface area contributed by atoms with Crippen molar-refractivity contribution in [3.63, 3.8) is 0 Å². The fourth-order valence-electron chi connectivity index (χ4n) is 2.17. The molecule has 120 valence electrons. The van der Waals surface area contributed by atoms with Gasteiger partial charge in [-0.2, -0.15) is 11.8 Å². The number of hydrogen-bond donors (Lipinski definition) is 2. The van der Waals surface area contributed by atoms with Crippen LogP contribution in [-0.2, 0) is 9.59 Å². The van der Waals surface area contributed by atoms with Crippen LogP contribution in [0.15, 0.2) is 0 Å². The number of carbonyl (C=O) groups is 3. The largest absolute Gasteiger partial charge is 0.480 e. The normalized spacial score (nSPS) is 17.0. The van der Waals surface area contributed by atoms with Crippen molar-refractivity contribution in [2.24, 2.45) is 0 Å². The third-order valence-corrected chi connectivity index (χ3v) is 4.08. The molecule has 1 rings (SSSR count). The maximum Gasteiger partial charge on any atom is 0.326 e. The minimum Gasteiger partial charge on any atom is -0.480 e. The summed E-state index contributed by atoms with van der Waals surface area (Å²) in [5, 5.41) is 11.7. The molecule has 0 aromatic rings. The number of hydrogen-bond acceptors (Lipinski definition) is 4. The fraction of sp³-hybridized carbons (Fsp3) is 0.769. The predicted octanol–water partition coefficient (Wildman–Crippen LogP) is 0.457. The van der Waals surface area contributed by atoms with E-state index in [1.165, 1.54) is 6.92 Å². The van der Waals surface area contributed by atoms with Crippen LogP contribution in [0.2, 0.25) is 0 Å². The first-order chi connectivity index (χ1) is 9.95. The molecule has 0 bridgehead atoms. The van der Waals surface area contributed by atoms with E-state index in [2.05, 4.69) is 5.32 Å². The summed E-state index contributed by atoms with van der Waals surface area (Å²) in [5.74, 6) is -0.340. The molecule has 1 saturated heterocycles. The third-order valence-electron chi connectivity index (χ3n) is 3.43. The first-order valence-corrected chi connectivity index (χ1v) is 8.37. The predicted molar refractivity (Wildman–Crippen MR) is 81.4 cm³/mol. The van der Waals surface area contributed by atoms with Crippen molar-refractivity contribution in [2.45, 2.75) is 25.8 Å². The van der Waals surface area contributed by atoms with E-state index >= 15 is 0 Å². The van der Waals surface area contributed by atoms with Crippen LogP contribution < -0.4 is 5.32 Å². The molecule has 0 saturated carbocycles. The molecule has 0 spiro atoms. The van der Waals surface area contributed by atoms with Crippen molar-refractivity contribution < 1.29 is 19.5 Å². The summed E-state index contributed by atoms with van der Waals surface area (Å²) in [6.45, 7) is 3.60. The molecule has 7 nitrogen and oxygen atoms in total. The van der Waals surface area contributed by atoms with Gasteiger partial charge >= 0.3 is 12.0 Å². The molecule has 3 amide bonds. The minimum absolute atomic E-state index is 0.000594. The molecule has 0 radical (unpaired) electrons. The number of aliphatic carboxylic acids is 1. The zero-order valence-electron chi connectivity index (χ0n) is 12.5. The number of carboxylic acid groups (broad SMARTS) is 1. The van der Waals surface area contributed by atoms with Crippen molar-refractivity contribution in [1.29, 1.82) is 0 Å². The van der Waals surface area contributed by atoms with Gasteiger partial charge in [0.25, 0.3) is 0 Å². The minimum atomic E-state index is -1.02. The smallest absolute Gasteiger partial charge is 0.326 e. The number of urea groups is 1. The van der Waals surface area contributed by atoms with E-state index in [4.69, 9.17) is 5.11 Å². The lowest BCUT2D eigenvalue weighted by Crippen LogP contribution is -2.49. The van der Waals surface area contributed by atoms with Gasteiger partial charge in [-0.05, 0) is 24.9 Å². The van der Waals surface area contributed by atoms with Gasteiger partial charge in [0.05, 0.1) is 0 Å². The molecule has 0 unspecified atom stereocenters. The van der Waals surface area contributed by atoms with Gasteiger partial charge in [-0.3, -0.25) is 4.79 Å². The van der Waals surface area contributed by atoms with Crippen LogP contribution in [0, 0.1) is 0 Å². The van der Waals surface area contributed by atoms with E-state index in [0.29, 0.717) is 44.8 Å². The van der Waals surface area contributed by atoms with E-state index < -0.39 is 12.0 Å². The highest BCUT2D eigenvalue weighted by molar-refractivity contribution is 7.98. The second-order valence-electron chi connectivity index (χ2n) is 4.97. The Morgan fingerprint density at radius 3 is 2.38 bits per heavy atom. The first kappa shape index (κ1) is 17.6. The van der Waals surface area contributed by atoms with Crippen molar-refractivity contribution in [1.82, 2.24) is 15.1 Å². The summed E-state index contributed by atoms with van der Waals surface area (Å²) >= 11 is 1.54. The molecular weight excluding hydrogens is 294 g/mol. The number of rotatable bonds is 5. The quantitative estimate of drug-likeness (QED) is 0.769. The summed E-state index contributed by atoms with van der Waals surface area (Å²) in [4.78, 5) is 37.9. The lowest BCUT2D eigenvalue weighted by atomic mass is 10.2. The molecule has 0 aromatic carbocycles. The second kappa shape index (κ2) is 8.76. The summed E-state index contributed by atoms with van der Waals surface area (Å²) in [6.07, 6.45) is 3.00. The van der Waals surface area contributed by atoms with E-state index in [0.717, 1.165) is 0 Å². The van der Waals surface area contributed by atoms with Crippen LogP contribution in [0.4, 0.5) is 4.79 Å². The number of carboxylic acids is 1. The maximum atomic E-state index is 12.1. The zero-order chi connectivity index (χ0) is 15.8. The van der Waals surface area contributed by atoms with Crippen molar-refractivity contribution >= 4 is 29.7 Å². The van der Waals surface area contributed by atoms with Crippen LogP contribution in [-0.4, -0.2) is 77.0 Å². The van der Waals surface area contributed by atoms with Gasteiger partial charge in [-0.15, -0.1) is 0 Å². The maximum absolute atomic E-state index is 12.1. The topological polar surface area (TPSA) is 90.0 Å². The lowest BCUT2D eigenvalue weighted by Gasteiger charge is -2.24. The number of thioether (sulfide) groups is 1. The Kier molecular flexibility index (Phi) is 7.35. The van der Waals surface area contributed by atoms with Gasteiger partial charge in [0.1, 0.15) is 6.04 Å². The molecule has 1 heterocycles. The molecule has 1 aliphatic rings. The molecule has 1 fully saturated rings. The molecule has 2 N–H and O–H groups in total. The van der Waals surface area contributed by atoms with E-state index in [-0.39, 0.29) is 11.9 Å². The van der Waals surface area contributed by atoms with E-state index in [1.54, 1.807) is 21.6 Å². The summed E-state index contributed by atoms with van der Waals surface area (Å²) < 4.78 is 0. The van der Waals surface area contributed by atoms with Gasteiger partial charge in [0.2, 0.25) is 5.91 Å². The molecular formula is C13H23N3O4S. The summed E-state index contributed by atoms with van der Waals surface area (Å²) in [6, 6.07) is -1.23. The summed E-state index contributed by atoms with van der Waals surface area (Å²) in [7, 11) is 0. The zero-order valence-corrected chi connectivity index (χ0v) is 13.3. The highest BCUT2D eigenvalue weighted by Gasteiger charge is 2.24. The van der Waals surface area contributed by atoms with Crippen molar-refractivity contribution in [3.8, 4) is 0 Å². The van der Waals surface area contributed by atoms with Gasteiger partial charge in [-0.25, -0.2) is 9.59 Å². The number of nitrogens with one attached hydrogen (secondary N) is 1. The summed E-state index contributed by atoms with van der Waals surface area (Å²) in [5.41, 5.74) is 0. The van der Waals surface area contributed by atoms with Gasteiger partial charge < -0.3 is 20.2 Å². The Morgan fingerprint density at radius 1 is 1.19 bits per heavy atom. The van der Waals surface area contributed by atoms with Crippen LogP contribution in [0.25, 0.3) is 0 Å². The highest BCUT2D eigenvalue weighted by Crippen LogP contribution is 2.06. The monoisotopic (exact) mass is 317 g/mol.